The van der Waals surface area contributed by atoms with Crippen molar-refractivity contribution in [2.45, 2.75) is 27.2 Å². The Labute approximate surface area is 206 Å². The van der Waals surface area contributed by atoms with Crippen LogP contribution in [0.3, 0.4) is 0 Å². The van der Waals surface area contributed by atoms with E-state index in [4.69, 9.17) is 37.9 Å². The number of hydrogen-bond donors (Lipinski definition) is 1. The van der Waals surface area contributed by atoms with E-state index in [1.165, 1.54) is 0 Å². The van der Waals surface area contributed by atoms with Crippen LogP contribution in [-0.2, 0) is 42.7 Å². The van der Waals surface area contributed by atoms with Gasteiger partial charge >= 0.3 is 0 Å². The summed E-state index contributed by atoms with van der Waals surface area (Å²) in [6.07, 6.45) is 0.462. The van der Waals surface area contributed by atoms with Gasteiger partial charge in [0.05, 0.1) is 106 Å². The van der Waals surface area contributed by atoms with Gasteiger partial charge in [0.25, 0.3) is 0 Å². The SMILES string of the molecule is CCNCCOCCOCCOCCOCCOCCOCCOCCOCCC(=O)C(C)C. The van der Waals surface area contributed by atoms with Gasteiger partial charge in [0.15, 0.2) is 0 Å². The molecule has 0 heterocycles. The smallest absolute Gasteiger partial charge is 0.137 e. The van der Waals surface area contributed by atoms with Gasteiger partial charge in [-0.2, -0.15) is 0 Å². The fourth-order valence-corrected chi connectivity index (χ4v) is 2.42. The predicted molar refractivity (Wildman–Crippen MR) is 130 cm³/mol. The highest BCUT2D eigenvalue weighted by atomic mass is 16.6. The van der Waals surface area contributed by atoms with Crippen LogP contribution >= 0.6 is 0 Å². The van der Waals surface area contributed by atoms with Crippen LogP contribution in [0.4, 0.5) is 0 Å². The summed E-state index contributed by atoms with van der Waals surface area (Å²) in [5.41, 5.74) is 0. The molecule has 10 nitrogen and oxygen atoms in total. The van der Waals surface area contributed by atoms with E-state index in [9.17, 15) is 4.79 Å². The molecule has 0 aromatic heterocycles. The molecule has 34 heavy (non-hydrogen) atoms. The van der Waals surface area contributed by atoms with Gasteiger partial charge in [-0.25, -0.2) is 0 Å². The van der Waals surface area contributed by atoms with Crippen LogP contribution in [0.2, 0.25) is 0 Å². The largest absolute Gasteiger partial charge is 0.379 e. The van der Waals surface area contributed by atoms with Gasteiger partial charge in [0.1, 0.15) is 5.78 Å². The Morgan fingerprint density at radius 3 is 1.12 bits per heavy atom. The van der Waals surface area contributed by atoms with Crippen molar-refractivity contribution in [1.29, 1.82) is 0 Å². The van der Waals surface area contributed by atoms with Crippen molar-refractivity contribution >= 4 is 5.78 Å². The van der Waals surface area contributed by atoms with Crippen LogP contribution in [0.5, 0.6) is 0 Å². The molecule has 0 amide bonds. The Kier molecular flexibility index (Phi) is 28.0. The molecular weight excluding hydrogens is 446 g/mol. The van der Waals surface area contributed by atoms with Gasteiger partial charge < -0.3 is 43.2 Å². The Morgan fingerprint density at radius 2 is 0.824 bits per heavy atom. The highest BCUT2D eigenvalue weighted by molar-refractivity contribution is 5.80. The fraction of sp³-hybridized carbons (Fsp3) is 0.958. The zero-order valence-electron chi connectivity index (χ0n) is 21.7. The molecule has 0 unspecified atom stereocenters. The average molecular weight is 496 g/mol. The highest BCUT2D eigenvalue weighted by Gasteiger charge is 2.06. The van der Waals surface area contributed by atoms with E-state index in [1.54, 1.807) is 0 Å². The third-order valence-electron chi connectivity index (χ3n) is 4.41. The first-order valence-electron chi connectivity index (χ1n) is 12.5. The average Bonchev–Trinajstić information content (AvgIpc) is 2.83. The van der Waals surface area contributed by atoms with E-state index >= 15 is 0 Å². The van der Waals surface area contributed by atoms with Gasteiger partial charge in [-0.15, -0.1) is 0 Å². The van der Waals surface area contributed by atoms with E-state index < -0.39 is 0 Å². The first kappa shape index (κ1) is 33.3. The van der Waals surface area contributed by atoms with E-state index in [1.807, 2.05) is 13.8 Å². The number of ketones is 1. The molecule has 0 aliphatic rings. The van der Waals surface area contributed by atoms with E-state index in [2.05, 4.69) is 12.2 Å². The second kappa shape index (κ2) is 28.5. The van der Waals surface area contributed by atoms with Crippen molar-refractivity contribution in [2.75, 3.05) is 119 Å². The van der Waals surface area contributed by atoms with Gasteiger partial charge in [-0.05, 0) is 6.54 Å². The summed E-state index contributed by atoms with van der Waals surface area (Å²) in [6, 6.07) is 0. The maximum Gasteiger partial charge on any atom is 0.137 e. The second-order valence-corrected chi connectivity index (χ2v) is 7.62. The lowest BCUT2D eigenvalue weighted by Gasteiger charge is -2.09. The second-order valence-electron chi connectivity index (χ2n) is 7.62. The molecule has 204 valence electrons. The van der Waals surface area contributed by atoms with Crippen molar-refractivity contribution in [1.82, 2.24) is 5.32 Å². The zero-order chi connectivity index (χ0) is 25.0. The topological polar surface area (TPSA) is 103 Å². The number of ether oxygens (including phenoxy) is 8. The molecule has 0 aliphatic carbocycles. The minimum absolute atomic E-state index is 0.0682. The van der Waals surface area contributed by atoms with Crippen LogP contribution in [0, 0.1) is 5.92 Å². The van der Waals surface area contributed by atoms with Crippen molar-refractivity contribution in [3.05, 3.63) is 0 Å². The van der Waals surface area contributed by atoms with Crippen LogP contribution in [0.1, 0.15) is 27.2 Å². The molecule has 0 spiro atoms. The van der Waals surface area contributed by atoms with Crippen LogP contribution < -0.4 is 5.32 Å². The molecule has 1 N–H and O–H groups in total. The molecule has 0 aliphatic heterocycles. The molecule has 0 saturated carbocycles. The maximum atomic E-state index is 11.4. The quantitative estimate of drug-likeness (QED) is 0.153. The molecule has 0 aromatic carbocycles. The molecule has 0 radical (unpaired) electrons. The standard InChI is InChI=1S/C24H49NO9/c1-4-25-6-8-28-10-12-30-14-16-32-18-20-34-22-21-33-19-17-31-15-13-29-11-9-27-7-5-24(26)23(2)3/h23,25H,4-22H2,1-3H3. The molecule has 0 atom stereocenters. The van der Waals surface area contributed by atoms with Gasteiger partial charge in [-0.1, -0.05) is 20.8 Å². The first-order chi connectivity index (χ1) is 16.7. The zero-order valence-corrected chi connectivity index (χ0v) is 21.7. The number of nitrogens with one attached hydrogen (secondary N) is 1. The molecule has 10 heteroatoms. The molecule has 0 fully saturated rings. The number of carbonyl (C=O) groups excluding carboxylic acids is 1. The lowest BCUT2D eigenvalue weighted by Crippen LogP contribution is -2.20. The number of rotatable bonds is 29. The monoisotopic (exact) mass is 495 g/mol. The van der Waals surface area contributed by atoms with Crippen molar-refractivity contribution in [3.8, 4) is 0 Å². The van der Waals surface area contributed by atoms with Crippen molar-refractivity contribution < 1.29 is 42.7 Å². The van der Waals surface area contributed by atoms with Crippen LogP contribution in [-0.4, -0.2) is 125 Å². The van der Waals surface area contributed by atoms with Crippen LogP contribution in [0.15, 0.2) is 0 Å². The number of carbonyl (C=O) groups is 1. The van der Waals surface area contributed by atoms with Crippen LogP contribution in [0.25, 0.3) is 0 Å². The number of likely N-dealkylation sites (N-methyl/N-ethyl adjacent to an activating group) is 1. The lowest BCUT2D eigenvalue weighted by atomic mass is 10.1. The molecule has 0 aromatic rings. The van der Waals surface area contributed by atoms with Crippen molar-refractivity contribution in [3.63, 3.8) is 0 Å². The highest BCUT2D eigenvalue weighted by Crippen LogP contribution is 1.98. The Balaban J connectivity index is 3.05. The van der Waals surface area contributed by atoms with Gasteiger partial charge in [0, 0.05) is 18.9 Å². The summed E-state index contributed by atoms with van der Waals surface area (Å²) in [5, 5.41) is 3.19. The maximum absolute atomic E-state index is 11.4. The summed E-state index contributed by atoms with van der Waals surface area (Å²) >= 11 is 0. The Hall–Kier alpha value is -0.690. The van der Waals surface area contributed by atoms with Crippen molar-refractivity contribution in [2.24, 2.45) is 5.92 Å². The summed E-state index contributed by atoms with van der Waals surface area (Å²) in [4.78, 5) is 11.4. The molecule has 0 rings (SSSR count). The molecular formula is C24H49NO9. The normalized spacial score (nSPS) is 11.5. The van der Waals surface area contributed by atoms with E-state index in [0.29, 0.717) is 112 Å². The molecule has 0 bridgehead atoms. The lowest BCUT2D eigenvalue weighted by molar-refractivity contribution is -0.123. The third kappa shape index (κ3) is 27.6. The van der Waals surface area contributed by atoms with E-state index in [-0.39, 0.29) is 11.7 Å². The summed E-state index contributed by atoms with van der Waals surface area (Å²) in [6.45, 7) is 16.3. The van der Waals surface area contributed by atoms with Gasteiger partial charge in [0.2, 0.25) is 0 Å². The summed E-state index contributed by atoms with van der Waals surface area (Å²) < 4.78 is 43.3. The minimum Gasteiger partial charge on any atom is -0.379 e. The summed E-state index contributed by atoms with van der Waals surface area (Å²) in [7, 11) is 0. The third-order valence-corrected chi connectivity index (χ3v) is 4.41. The predicted octanol–water partition coefficient (Wildman–Crippen LogP) is 1.34. The van der Waals surface area contributed by atoms with Gasteiger partial charge in [-0.3, -0.25) is 4.79 Å². The summed E-state index contributed by atoms with van der Waals surface area (Å²) in [5.74, 6) is 0.293. The molecule has 0 saturated heterocycles. The number of Topliss-reactive ketones (excluding diaryl/α,β-unsaturated/α-hetero) is 1. The first-order valence-corrected chi connectivity index (χ1v) is 12.5. The van der Waals surface area contributed by atoms with E-state index in [0.717, 1.165) is 13.1 Å². The minimum atomic E-state index is 0.0682. The Morgan fingerprint density at radius 1 is 0.529 bits per heavy atom. The Bertz CT molecular complexity index is 414. The fourth-order valence-electron chi connectivity index (χ4n) is 2.42. The number of hydrogen-bond acceptors (Lipinski definition) is 10.